The first-order valence-corrected chi connectivity index (χ1v) is 14.8. The van der Waals surface area contributed by atoms with Crippen LogP contribution in [0.25, 0.3) is 0 Å². The van der Waals surface area contributed by atoms with Crippen LogP contribution in [0.5, 0.6) is 5.75 Å². The Morgan fingerprint density at radius 3 is 2.05 bits per heavy atom. The molecule has 3 aromatic rings. The standard InChI is InChI=1S/C32H35N3O6S/c1-2-3-22-41-26-17-19-27(20-18-26)42(40)28(31(37)35-39)16-10-11-21-33-29(36)23-34-32(38)30(24-12-6-4-7-13-24)25-14-8-5-9-15-25/h4-9,12-15,17-20,28,30,39H,10-11,16,21-23H2,1H3,(H,33,36)(H,34,38)(H,35,37). The summed E-state index contributed by atoms with van der Waals surface area (Å²) < 4.78 is 18.5. The van der Waals surface area contributed by atoms with Gasteiger partial charge in [0.25, 0.3) is 5.91 Å². The highest BCUT2D eigenvalue weighted by molar-refractivity contribution is 7.86. The molecule has 3 amide bonds. The lowest BCUT2D eigenvalue weighted by molar-refractivity contribution is -0.128. The van der Waals surface area contributed by atoms with E-state index in [2.05, 4.69) is 22.5 Å². The topological polar surface area (TPSA) is 134 Å². The van der Waals surface area contributed by atoms with Gasteiger partial charge in [-0.1, -0.05) is 66.6 Å². The Morgan fingerprint density at radius 1 is 0.857 bits per heavy atom. The van der Waals surface area contributed by atoms with Crippen molar-refractivity contribution in [1.82, 2.24) is 16.1 Å². The van der Waals surface area contributed by atoms with Crippen molar-refractivity contribution < 1.29 is 28.5 Å². The summed E-state index contributed by atoms with van der Waals surface area (Å²) in [5.74, 6) is 4.16. The fourth-order valence-electron chi connectivity index (χ4n) is 4.23. The van der Waals surface area contributed by atoms with E-state index in [1.54, 1.807) is 36.7 Å². The molecule has 2 atom stereocenters. The number of hydrogen-bond acceptors (Lipinski definition) is 6. The number of amides is 3. The van der Waals surface area contributed by atoms with Crippen molar-refractivity contribution in [3.05, 3.63) is 96.1 Å². The predicted octanol–water partition coefficient (Wildman–Crippen LogP) is 3.31. The fraction of sp³-hybridized carbons (Fsp3) is 0.281. The summed E-state index contributed by atoms with van der Waals surface area (Å²) in [5.41, 5.74) is 3.25. The first kappa shape index (κ1) is 32.1. The van der Waals surface area contributed by atoms with Gasteiger partial charge in [-0.2, -0.15) is 0 Å². The zero-order valence-electron chi connectivity index (χ0n) is 23.4. The van der Waals surface area contributed by atoms with E-state index in [0.717, 1.165) is 11.1 Å². The minimum absolute atomic E-state index is 0.181. The number of benzene rings is 3. The van der Waals surface area contributed by atoms with Crippen molar-refractivity contribution in [1.29, 1.82) is 0 Å². The molecule has 42 heavy (non-hydrogen) atoms. The van der Waals surface area contributed by atoms with Crippen LogP contribution in [0.1, 0.15) is 43.2 Å². The van der Waals surface area contributed by atoms with Crippen molar-refractivity contribution in [3.63, 3.8) is 0 Å². The fourth-order valence-corrected chi connectivity index (χ4v) is 5.59. The van der Waals surface area contributed by atoms with Gasteiger partial charge in [0.15, 0.2) is 0 Å². The Bertz CT molecular complexity index is 1350. The average Bonchev–Trinajstić information content (AvgIpc) is 3.03. The van der Waals surface area contributed by atoms with Crippen molar-refractivity contribution in [2.75, 3.05) is 19.7 Å². The summed E-state index contributed by atoms with van der Waals surface area (Å²) in [6.07, 6.45) is 1.21. The number of carbonyl (C=O) groups excluding carboxylic acids is 3. The molecular formula is C32H35N3O6S. The number of hydroxylamine groups is 1. The third-order valence-electron chi connectivity index (χ3n) is 6.37. The van der Waals surface area contributed by atoms with Crippen molar-refractivity contribution in [3.8, 4) is 17.6 Å². The minimum Gasteiger partial charge on any atom is -0.481 e. The molecule has 0 aliphatic carbocycles. The lowest BCUT2D eigenvalue weighted by Gasteiger charge is -2.18. The van der Waals surface area contributed by atoms with Gasteiger partial charge < -0.3 is 15.4 Å². The molecule has 0 bridgehead atoms. The number of hydrogen-bond donors (Lipinski definition) is 4. The van der Waals surface area contributed by atoms with Crippen LogP contribution < -0.4 is 20.9 Å². The third kappa shape index (κ3) is 9.87. The molecule has 4 N–H and O–H groups in total. The molecule has 0 aliphatic heterocycles. The van der Waals surface area contributed by atoms with Crippen molar-refractivity contribution >= 4 is 28.5 Å². The van der Waals surface area contributed by atoms with Gasteiger partial charge in [0.05, 0.1) is 23.3 Å². The van der Waals surface area contributed by atoms with E-state index in [1.807, 2.05) is 60.7 Å². The lowest BCUT2D eigenvalue weighted by atomic mass is 9.90. The van der Waals surface area contributed by atoms with E-state index < -0.39 is 27.9 Å². The molecular weight excluding hydrogens is 554 g/mol. The van der Waals surface area contributed by atoms with Gasteiger partial charge >= 0.3 is 0 Å². The van der Waals surface area contributed by atoms with Gasteiger partial charge in [0.2, 0.25) is 11.8 Å². The van der Waals surface area contributed by atoms with Crippen LogP contribution in [0, 0.1) is 11.8 Å². The summed E-state index contributed by atoms with van der Waals surface area (Å²) in [6, 6.07) is 25.2. The van der Waals surface area contributed by atoms with Gasteiger partial charge in [-0.3, -0.25) is 23.8 Å². The van der Waals surface area contributed by atoms with Crippen molar-refractivity contribution in [2.24, 2.45) is 0 Å². The SMILES string of the molecule is CC#CCOc1ccc(S(=O)C(CCCCNC(=O)CNC(=O)C(c2ccccc2)c2ccccc2)C(=O)NO)cc1. The van der Waals surface area contributed by atoms with Crippen LogP contribution >= 0.6 is 0 Å². The van der Waals surface area contributed by atoms with E-state index in [-0.39, 0.29) is 31.4 Å². The van der Waals surface area contributed by atoms with Crippen LogP contribution in [-0.4, -0.2) is 52.1 Å². The summed E-state index contributed by atoms with van der Waals surface area (Å²) in [5, 5.41) is 13.7. The maximum atomic E-state index is 13.1. The molecule has 0 radical (unpaired) electrons. The molecule has 0 fully saturated rings. The molecule has 0 spiro atoms. The van der Waals surface area contributed by atoms with E-state index in [1.165, 1.54) is 0 Å². The normalized spacial score (nSPS) is 11.9. The summed E-state index contributed by atoms with van der Waals surface area (Å²) in [7, 11) is -1.72. The molecule has 0 heterocycles. The van der Waals surface area contributed by atoms with Gasteiger partial charge in [-0.15, -0.1) is 5.92 Å². The Balaban J connectivity index is 1.45. The maximum absolute atomic E-state index is 13.1. The Labute approximate surface area is 248 Å². The van der Waals surface area contributed by atoms with Crippen LogP contribution in [0.3, 0.4) is 0 Å². The summed E-state index contributed by atoms with van der Waals surface area (Å²) in [6.45, 7) is 2.07. The van der Waals surface area contributed by atoms with E-state index in [4.69, 9.17) is 4.74 Å². The number of ether oxygens (including phenoxy) is 1. The average molecular weight is 590 g/mol. The van der Waals surface area contributed by atoms with Gasteiger partial charge in [-0.05, 0) is 61.6 Å². The Kier molecular flexibility index (Phi) is 13.3. The van der Waals surface area contributed by atoms with E-state index >= 15 is 0 Å². The lowest BCUT2D eigenvalue weighted by Crippen LogP contribution is -2.39. The maximum Gasteiger partial charge on any atom is 0.259 e. The monoisotopic (exact) mass is 589 g/mol. The number of nitrogens with one attached hydrogen (secondary N) is 3. The second-order valence-electron chi connectivity index (χ2n) is 9.27. The zero-order chi connectivity index (χ0) is 30.2. The molecule has 3 aromatic carbocycles. The van der Waals surface area contributed by atoms with Gasteiger partial charge in [-0.25, -0.2) is 5.48 Å². The molecule has 3 rings (SSSR count). The number of unbranched alkanes of at least 4 members (excludes halogenated alkanes) is 1. The number of carbonyl (C=O) groups is 3. The molecule has 2 unspecified atom stereocenters. The van der Waals surface area contributed by atoms with Gasteiger partial charge in [0.1, 0.15) is 17.6 Å². The second kappa shape index (κ2) is 17.4. The molecule has 0 aliphatic rings. The smallest absolute Gasteiger partial charge is 0.259 e. The highest BCUT2D eigenvalue weighted by atomic mass is 32.2. The minimum atomic E-state index is -1.72. The zero-order valence-corrected chi connectivity index (χ0v) is 24.2. The molecule has 0 saturated heterocycles. The summed E-state index contributed by atoms with van der Waals surface area (Å²) in [4.78, 5) is 38.1. The van der Waals surface area contributed by atoms with E-state index in [0.29, 0.717) is 30.0 Å². The number of rotatable bonds is 15. The van der Waals surface area contributed by atoms with Crippen LogP contribution in [0.4, 0.5) is 0 Å². The predicted molar refractivity (Wildman–Crippen MR) is 160 cm³/mol. The third-order valence-corrected chi connectivity index (χ3v) is 8.07. The van der Waals surface area contributed by atoms with E-state index in [9.17, 15) is 23.8 Å². The van der Waals surface area contributed by atoms with Gasteiger partial charge in [0, 0.05) is 11.4 Å². The van der Waals surface area contributed by atoms with Crippen molar-refractivity contribution in [2.45, 2.75) is 42.2 Å². The largest absolute Gasteiger partial charge is 0.481 e. The first-order valence-electron chi connectivity index (χ1n) is 13.6. The van der Waals surface area contributed by atoms with Crippen LogP contribution in [0.15, 0.2) is 89.8 Å². The molecule has 0 saturated carbocycles. The molecule has 0 aromatic heterocycles. The molecule has 220 valence electrons. The Morgan fingerprint density at radius 2 is 1.48 bits per heavy atom. The first-order chi connectivity index (χ1) is 20.4. The molecule has 10 heteroatoms. The second-order valence-corrected chi connectivity index (χ2v) is 10.9. The molecule has 9 nitrogen and oxygen atoms in total. The summed E-state index contributed by atoms with van der Waals surface area (Å²) >= 11 is 0. The Hall–Kier alpha value is -4.46. The van der Waals surface area contributed by atoms with Crippen LogP contribution in [0.2, 0.25) is 0 Å². The quantitative estimate of drug-likeness (QED) is 0.0931. The highest BCUT2D eigenvalue weighted by Crippen LogP contribution is 2.24. The van der Waals surface area contributed by atoms with Crippen LogP contribution in [-0.2, 0) is 25.2 Å². The highest BCUT2D eigenvalue weighted by Gasteiger charge is 2.26.